The van der Waals surface area contributed by atoms with E-state index in [-0.39, 0.29) is 23.2 Å². The Morgan fingerprint density at radius 1 is 1.33 bits per heavy atom. The lowest BCUT2D eigenvalue weighted by Crippen LogP contribution is -2.17. The van der Waals surface area contributed by atoms with Crippen molar-refractivity contribution in [3.05, 3.63) is 29.0 Å². The van der Waals surface area contributed by atoms with Gasteiger partial charge >= 0.3 is 6.18 Å². The molecule has 1 N–H and O–H groups in total. The van der Waals surface area contributed by atoms with Crippen LogP contribution in [-0.4, -0.2) is 12.2 Å². The van der Waals surface area contributed by atoms with Gasteiger partial charge in [0.05, 0.1) is 10.7 Å². The van der Waals surface area contributed by atoms with Gasteiger partial charge in [-0.05, 0) is 31.9 Å². The lowest BCUT2D eigenvalue weighted by atomic mass is 10.1. The van der Waals surface area contributed by atoms with E-state index in [0.29, 0.717) is 6.42 Å². The number of alkyl halides is 3. The van der Waals surface area contributed by atoms with Gasteiger partial charge in [-0.15, -0.1) is 0 Å². The molecule has 102 valence electrons. The largest absolute Gasteiger partial charge is 0.389 e. The molecule has 0 amide bonds. The van der Waals surface area contributed by atoms with Crippen LogP contribution < -0.4 is 5.32 Å². The number of hydrogen-bond donors (Lipinski definition) is 1. The van der Waals surface area contributed by atoms with Gasteiger partial charge in [0.1, 0.15) is 5.82 Å². The number of rotatable bonds is 5. The van der Waals surface area contributed by atoms with Gasteiger partial charge < -0.3 is 5.32 Å². The molecule has 0 saturated heterocycles. The lowest BCUT2D eigenvalue weighted by Gasteiger charge is -2.17. The molecule has 0 aliphatic heterocycles. The quantitative estimate of drug-likeness (QED) is 0.749. The third-order valence-corrected chi connectivity index (χ3v) is 2.77. The highest BCUT2D eigenvalue weighted by Gasteiger charge is 2.26. The summed E-state index contributed by atoms with van der Waals surface area (Å²) >= 11 is 5.80. The fourth-order valence-electron chi connectivity index (χ4n) is 1.56. The van der Waals surface area contributed by atoms with Crippen LogP contribution in [0.3, 0.4) is 0 Å². The number of halogens is 5. The van der Waals surface area contributed by atoms with Crippen LogP contribution in [0.25, 0.3) is 0 Å². The van der Waals surface area contributed by atoms with E-state index in [1.807, 2.05) is 0 Å². The summed E-state index contributed by atoms with van der Waals surface area (Å²) in [6.07, 6.45) is -4.67. The van der Waals surface area contributed by atoms with Crippen LogP contribution in [0.5, 0.6) is 0 Å². The molecule has 0 radical (unpaired) electrons. The Morgan fingerprint density at radius 2 is 2.00 bits per heavy atom. The highest BCUT2D eigenvalue weighted by atomic mass is 35.5. The molecule has 1 unspecified atom stereocenters. The Bertz CT molecular complexity index is 372. The first-order valence-corrected chi connectivity index (χ1v) is 5.94. The molecule has 1 aromatic rings. The van der Waals surface area contributed by atoms with Gasteiger partial charge in [-0.2, -0.15) is 13.2 Å². The van der Waals surface area contributed by atoms with Crippen molar-refractivity contribution in [2.75, 3.05) is 5.32 Å². The van der Waals surface area contributed by atoms with E-state index in [1.54, 1.807) is 6.92 Å². The number of benzene rings is 1. The summed E-state index contributed by atoms with van der Waals surface area (Å²) in [6, 6.07) is 3.96. The van der Waals surface area contributed by atoms with Crippen molar-refractivity contribution >= 4 is 17.3 Å². The van der Waals surface area contributed by atoms with Gasteiger partial charge in [-0.3, -0.25) is 0 Å². The predicted octanol–water partition coefficient (Wildman–Crippen LogP) is 5.01. The molecule has 1 nitrogen and oxygen atoms in total. The first-order chi connectivity index (χ1) is 8.29. The third kappa shape index (κ3) is 5.12. The fraction of sp³-hybridized carbons (Fsp3) is 0.500. The first-order valence-electron chi connectivity index (χ1n) is 5.57. The first kappa shape index (κ1) is 15.1. The van der Waals surface area contributed by atoms with E-state index in [4.69, 9.17) is 11.6 Å². The molecule has 0 aliphatic carbocycles. The summed E-state index contributed by atoms with van der Waals surface area (Å²) < 4.78 is 49.3. The third-order valence-electron chi connectivity index (χ3n) is 2.45. The van der Waals surface area contributed by atoms with Crippen molar-refractivity contribution in [2.45, 2.75) is 38.4 Å². The average molecular weight is 284 g/mol. The minimum atomic E-state index is -4.14. The van der Waals surface area contributed by atoms with Crippen LogP contribution in [0.4, 0.5) is 23.2 Å². The Labute approximate surface area is 108 Å². The number of nitrogens with one attached hydrogen (secondary N) is 1. The van der Waals surface area contributed by atoms with E-state index < -0.39 is 18.4 Å². The molecule has 0 spiro atoms. The molecule has 0 saturated carbocycles. The second-order valence-corrected chi connectivity index (χ2v) is 4.56. The van der Waals surface area contributed by atoms with E-state index in [9.17, 15) is 17.6 Å². The Morgan fingerprint density at radius 3 is 2.56 bits per heavy atom. The second-order valence-electron chi connectivity index (χ2n) is 4.15. The minimum Gasteiger partial charge on any atom is -0.379 e. The van der Waals surface area contributed by atoms with Crippen LogP contribution in [-0.2, 0) is 0 Å². The minimum absolute atomic E-state index is 0.00371. The molecule has 0 aromatic heterocycles. The maximum Gasteiger partial charge on any atom is 0.389 e. The summed E-state index contributed by atoms with van der Waals surface area (Å²) in [5.41, 5.74) is 0.138. The monoisotopic (exact) mass is 283 g/mol. The molecule has 6 heteroatoms. The smallest absolute Gasteiger partial charge is 0.379 e. The second kappa shape index (κ2) is 6.27. The topological polar surface area (TPSA) is 12.0 Å². The molecule has 1 aromatic carbocycles. The molecular formula is C12H14ClF4N. The van der Waals surface area contributed by atoms with E-state index in [0.717, 1.165) is 0 Å². The standard InChI is InChI=1S/C12H14ClF4N/c1-8(4-3-7-12(15,16)17)18-11-9(13)5-2-6-10(11)14/h2,5-6,8,18H,3-4,7H2,1H3. The van der Waals surface area contributed by atoms with Crippen molar-refractivity contribution < 1.29 is 17.6 Å². The van der Waals surface area contributed by atoms with Crippen LogP contribution in [0.15, 0.2) is 18.2 Å². The molecule has 1 rings (SSSR count). The molecule has 1 atom stereocenters. The zero-order chi connectivity index (χ0) is 13.8. The van der Waals surface area contributed by atoms with E-state index in [2.05, 4.69) is 5.32 Å². The van der Waals surface area contributed by atoms with Crippen LogP contribution >= 0.6 is 11.6 Å². The number of hydrogen-bond acceptors (Lipinski definition) is 1. The number of anilines is 1. The summed E-state index contributed by atoms with van der Waals surface area (Å²) in [6.45, 7) is 1.69. The molecule has 0 fully saturated rings. The van der Waals surface area contributed by atoms with E-state index >= 15 is 0 Å². The van der Waals surface area contributed by atoms with Crippen molar-refractivity contribution in [2.24, 2.45) is 0 Å². The van der Waals surface area contributed by atoms with Crippen LogP contribution in [0, 0.1) is 5.82 Å². The van der Waals surface area contributed by atoms with Gasteiger partial charge in [0.2, 0.25) is 0 Å². The van der Waals surface area contributed by atoms with Crippen LogP contribution in [0.1, 0.15) is 26.2 Å². The highest BCUT2D eigenvalue weighted by Crippen LogP contribution is 2.27. The summed E-state index contributed by atoms with van der Waals surface area (Å²) in [5.74, 6) is -0.509. The molecule has 18 heavy (non-hydrogen) atoms. The molecule has 0 heterocycles. The van der Waals surface area contributed by atoms with Crippen molar-refractivity contribution in [3.63, 3.8) is 0 Å². The summed E-state index contributed by atoms with van der Waals surface area (Å²) in [4.78, 5) is 0. The average Bonchev–Trinajstić information content (AvgIpc) is 2.22. The highest BCUT2D eigenvalue weighted by molar-refractivity contribution is 6.33. The lowest BCUT2D eigenvalue weighted by molar-refractivity contribution is -0.135. The predicted molar refractivity (Wildman–Crippen MR) is 64.4 cm³/mol. The number of para-hydroxylation sites is 1. The van der Waals surface area contributed by atoms with Crippen LogP contribution in [0.2, 0.25) is 5.02 Å². The van der Waals surface area contributed by atoms with Gasteiger partial charge in [0.25, 0.3) is 0 Å². The molecular weight excluding hydrogens is 270 g/mol. The normalized spacial score (nSPS) is 13.4. The molecule has 0 bridgehead atoms. The van der Waals surface area contributed by atoms with Gasteiger partial charge in [0.15, 0.2) is 0 Å². The van der Waals surface area contributed by atoms with Crippen molar-refractivity contribution in [3.8, 4) is 0 Å². The Balaban J connectivity index is 2.47. The maximum atomic E-state index is 13.4. The van der Waals surface area contributed by atoms with Crippen molar-refractivity contribution in [1.29, 1.82) is 0 Å². The molecule has 0 aliphatic rings. The van der Waals surface area contributed by atoms with Crippen molar-refractivity contribution in [1.82, 2.24) is 0 Å². The zero-order valence-electron chi connectivity index (χ0n) is 9.82. The van der Waals surface area contributed by atoms with Gasteiger partial charge in [-0.1, -0.05) is 17.7 Å². The fourth-order valence-corrected chi connectivity index (χ4v) is 1.78. The van der Waals surface area contributed by atoms with E-state index in [1.165, 1.54) is 18.2 Å². The Hall–Kier alpha value is -0.970. The Kier molecular flexibility index (Phi) is 5.26. The summed E-state index contributed by atoms with van der Waals surface area (Å²) in [5, 5.41) is 3.01. The zero-order valence-corrected chi connectivity index (χ0v) is 10.6. The van der Waals surface area contributed by atoms with Gasteiger partial charge in [0, 0.05) is 12.5 Å². The maximum absolute atomic E-state index is 13.4. The summed E-state index contributed by atoms with van der Waals surface area (Å²) in [7, 11) is 0. The SMILES string of the molecule is CC(CCCC(F)(F)F)Nc1c(F)cccc1Cl. The van der Waals surface area contributed by atoms with Gasteiger partial charge in [-0.25, -0.2) is 4.39 Å².